The summed E-state index contributed by atoms with van der Waals surface area (Å²) in [5.41, 5.74) is 0.795. The Bertz CT molecular complexity index is 530. The summed E-state index contributed by atoms with van der Waals surface area (Å²) in [6, 6.07) is 5.91. The van der Waals surface area contributed by atoms with E-state index in [2.05, 4.69) is 0 Å². The van der Waals surface area contributed by atoms with Crippen LogP contribution < -0.4 is 0 Å². The zero-order valence-electron chi connectivity index (χ0n) is 12.1. The number of likely N-dealkylation sites (tertiary alicyclic amines) is 1. The van der Waals surface area contributed by atoms with E-state index in [1.165, 1.54) is 17.0 Å². The van der Waals surface area contributed by atoms with Crippen molar-refractivity contribution in [3.63, 3.8) is 0 Å². The van der Waals surface area contributed by atoms with E-state index in [1.54, 1.807) is 26.2 Å². The molecule has 1 aliphatic heterocycles. The van der Waals surface area contributed by atoms with Crippen LogP contribution in [0.1, 0.15) is 11.5 Å². The van der Waals surface area contributed by atoms with Gasteiger partial charge in [-0.25, -0.2) is 4.39 Å². The number of likely N-dealkylation sites (N-methyl/N-ethyl adjacent to an activating group) is 1. The predicted octanol–water partition coefficient (Wildman–Crippen LogP) is 1.01. The topological polar surface area (TPSA) is 60.9 Å². The lowest BCUT2D eigenvalue weighted by Crippen LogP contribution is -2.35. The number of rotatable bonds is 4. The molecule has 1 aromatic carbocycles. The third kappa shape index (κ3) is 3.58. The highest BCUT2D eigenvalue weighted by Crippen LogP contribution is 2.32. The van der Waals surface area contributed by atoms with Crippen molar-refractivity contribution in [2.24, 2.45) is 5.92 Å². The van der Waals surface area contributed by atoms with Crippen molar-refractivity contribution in [2.75, 3.05) is 33.7 Å². The van der Waals surface area contributed by atoms with Gasteiger partial charge >= 0.3 is 5.97 Å². The van der Waals surface area contributed by atoms with Gasteiger partial charge in [0, 0.05) is 33.1 Å². The summed E-state index contributed by atoms with van der Waals surface area (Å²) in [5.74, 6) is -2.09. The van der Waals surface area contributed by atoms with E-state index in [1.807, 2.05) is 4.90 Å². The summed E-state index contributed by atoms with van der Waals surface area (Å²) in [6.07, 6.45) is 0. The maximum absolute atomic E-state index is 13.0. The lowest BCUT2D eigenvalue weighted by atomic mass is 9.89. The maximum Gasteiger partial charge on any atom is 0.308 e. The number of hydrogen-bond donors (Lipinski definition) is 1. The molecule has 1 aliphatic rings. The van der Waals surface area contributed by atoms with E-state index in [0.29, 0.717) is 13.1 Å². The fourth-order valence-electron chi connectivity index (χ4n) is 2.65. The first kappa shape index (κ1) is 15.4. The van der Waals surface area contributed by atoms with Gasteiger partial charge in [-0.2, -0.15) is 0 Å². The summed E-state index contributed by atoms with van der Waals surface area (Å²) in [4.78, 5) is 26.5. The van der Waals surface area contributed by atoms with Gasteiger partial charge in [0.25, 0.3) is 0 Å². The number of hydrogen-bond acceptors (Lipinski definition) is 3. The van der Waals surface area contributed by atoms with Crippen molar-refractivity contribution >= 4 is 11.9 Å². The second kappa shape index (κ2) is 6.22. The Kier molecular flexibility index (Phi) is 4.57. The van der Waals surface area contributed by atoms with Gasteiger partial charge in [0.15, 0.2) is 0 Å². The van der Waals surface area contributed by atoms with Crippen LogP contribution in [0.25, 0.3) is 0 Å². The average molecular weight is 294 g/mol. The SMILES string of the molecule is CN(C)C(=O)CN1C[C@H](C(=O)O)[C@@H](c2ccc(F)cc2)C1. The molecule has 0 aromatic heterocycles. The van der Waals surface area contributed by atoms with Crippen molar-refractivity contribution in [1.82, 2.24) is 9.80 Å². The lowest BCUT2D eigenvalue weighted by molar-refractivity contribution is -0.142. The zero-order chi connectivity index (χ0) is 15.6. The highest BCUT2D eigenvalue weighted by atomic mass is 19.1. The Morgan fingerprint density at radius 1 is 1.29 bits per heavy atom. The normalized spacial score (nSPS) is 22.2. The van der Waals surface area contributed by atoms with Gasteiger partial charge in [0.1, 0.15) is 5.82 Å². The second-order valence-electron chi connectivity index (χ2n) is 5.59. The molecule has 1 saturated heterocycles. The number of carboxylic acid groups (broad SMARTS) is 1. The minimum absolute atomic E-state index is 0.0566. The van der Waals surface area contributed by atoms with Crippen molar-refractivity contribution < 1.29 is 19.1 Å². The van der Waals surface area contributed by atoms with Crippen LogP contribution in [-0.2, 0) is 9.59 Å². The molecule has 6 heteroatoms. The molecule has 1 amide bonds. The molecule has 0 saturated carbocycles. The maximum atomic E-state index is 13.0. The molecule has 21 heavy (non-hydrogen) atoms. The van der Waals surface area contributed by atoms with Gasteiger partial charge in [-0.15, -0.1) is 0 Å². The molecule has 114 valence electrons. The smallest absolute Gasteiger partial charge is 0.308 e. The summed E-state index contributed by atoms with van der Waals surface area (Å²) in [7, 11) is 3.34. The van der Waals surface area contributed by atoms with Crippen molar-refractivity contribution in [3.8, 4) is 0 Å². The number of carboxylic acids is 1. The fraction of sp³-hybridized carbons (Fsp3) is 0.467. The molecule has 0 aliphatic carbocycles. The molecule has 2 atom stereocenters. The Labute approximate surface area is 123 Å². The highest BCUT2D eigenvalue weighted by molar-refractivity contribution is 5.78. The van der Waals surface area contributed by atoms with Crippen LogP contribution in [0.4, 0.5) is 4.39 Å². The Morgan fingerprint density at radius 3 is 2.43 bits per heavy atom. The van der Waals surface area contributed by atoms with Gasteiger partial charge < -0.3 is 10.0 Å². The number of carbonyl (C=O) groups is 2. The Balaban J connectivity index is 2.14. The first-order chi connectivity index (χ1) is 9.88. The number of carbonyl (C=O) groups excluding carboxylic acids is 1. The molecule has 5 nitrogen and oxygen atoms in total. The summed E-state index contributed by atoms with van der Waals surface area (Å²) < 4.78 is 13.0. The molecule has 1 fully saturated rings. The van der Waals surface area contributed by atoms with Crippen LogP contribution in [-0.4, -0.2) is 60.5 Å². The van der Waals surface area contributed by atoms with Crippen LogP contribution >= 0.6 is 0 Å². The van der Waals surface area contributed by atoms with Crippen molar-refractivity contribution in [3.05, 3.63) is 35.6 Å². The van der Waals surface area contributed by atoms with Crippen LogP contribution in [0.2, 0.25) is 0 Å². The van der Waals surface area contributed by atoms with Gasteiger partial charge in [0.05, 0.1) is 12.5 Å². The number of benzene rings is 1. The van der Waals surface area contributed by atoms with E-state index in [-0.39, 0.29) is 24.2 Å². The zero-order valence-corrected chi connectivity index (χ0v) is 12.1. The van der Waals surface area contributed by atoms with E-state index < -0.39 is 11.9 Å². The third-order valence-corrected chi connectivity index (χ3v) is 3.87. The van der Waals surface area contributed by atoms with Gasteiger partial charge in [-0.3, -0.25) is 14.5 Å². The minimum atomic E-state index is -0.885. The average Bonchev–Trinajstić information content (AvgIpc) is 2.83. The number of nitrogens with zero attached hydrogens (tertiary/aromatic N) is 2. The molecule has 0 bridgehead atoms. The molecule has 0 spiro atoms. The van der Waals surface area contributed by atoms with Crippen LogP contribution in [0.3, 0.4) is 0 Å². The minimum Gasteiger partial charge on any atom is -0.481 e. The van der Waals surface area contributed by atoms with E-state index >= 15 is 0 Å². The molecule has 1 aromatic rings. The number of aliphatic carboxylic acids is 1. The molecule has 0 radical (unpaired) electrons. The quantitative estimate of drug-likeness (QED) is 0.900. The number of halogens is 1. The van der Waals surface area contributed by atoms with Crippen LogP contribution in [0.5, 0.6) is 0 Å². The first-order valence-electron chi connectivity index (χ1n) is 6.79. The largest absolute Gasteiger partial charge is 0.481 e. The fourth-order valence-corrected chi connectivity index (χ4v) is 2.65. The summed E-state index contributed by atoms with van der Waals surface area (Å²) in [6.45, 7) is 1.02. The van der Waals surface area contributed by atoms with Crippen LogP contribution in [0, 0.1) is 11.7 Å². The molecular weight excluding hydrogens is 275 g/mol. The molecule has 1 heterocycles. The van der Waals surface area contributed by atoms with E-state index in [4.69, 9.17) is 0 Å². The molecule has 1 N–H and O–H groups in total. The van der Waals surface area contributed by atoms with Crippen LogP contribution in [0.15, 0.2) is 24.3 Å². The monoisotopic (exact) mass is 294 g/mol. The first-order valence-corrected chi connectivity index (χ1v) is 6.79. The molecule has 0 unspecified atom stereocenters. The van der Waals surface area contributed by atoms with Gasteiger partial charge in [-0.05, 0) is 17.7 Å². The summed E-state index contributed by atoms with van der Waals surface area (Å²) >= 11 is 0. The molecular formula is C15H19FN2O3. The second-order valence-corrected chi connectivity index (χ2v) is 5.59. The van der Waals surface area contributed by atoms with Crippen molar-refractivity contribution in [2.45, 2.75) is 5.92 Å². The lowest BCUT2D eigenvalue weighted by Gasteiger charge is -2.18. The van der Waals surface area contributed by atoms with Gasteiger partial charge in [0.2, 0.25) is 5.91 Å². The van der Waals surface area contributed by atoms with Gasteiger partial charge in [-0.1, -0.05) is 12.1 Å². The van der Waals surface area contributed by atoms with Crippen molar-refractivity contribution in [1.29, 1.82) is 0 Å². The standard InChI is InChI=1S/C15H19FN2O3/c1-17(2)14(19)9-18-7-12(13(8-18)15(20)21)10-3-5-11(16)6-4-10/h3-6,12-13H,7-9H2,1-2H3,(H,20,21)/t12-,13+/m1/s1. The molecule has 2 rings (SSSR count). The summed E-state index contributed by atoms with van der Waals surface area (Å²) in [5, 5.41) is 9.36. The Hall–Kier alpha value is -1.95. The highest BCUT2D eigenvalue weighted by Gasteiger charge is 2.39. The third-order valence-electron chi connectivity index (χ3n) is 3.87. The predicted molar refractivity (Wildman–Crippen MR) is 75.4 cm³/mol. The van der Waals surface area contributed by atoms with E-state index in [0.717, 1.165) is 5.56 Å². The van der Waals surface area contributed by atoms with E-state index in [9.17, 15) is 19.1 Å². The number of amides is 1. The Morgan fingerprint density at radius 2 is 1.90 bits per heavy atom.